The third-order valence-electron chi connectivity index (χ3n) is 4.22. The first-order chi connectivity index (χ1) is 12.5. The van der Waals surface area contributed by atoms with Gasteiger partial charge in [-0.25, -0.2) is 4.39 Å². The van der Waals surface area contributed by atoms with Gasteiger partial charge in [-0.15, -0.1) is 0 Å². The van der Waals surface area contributed by atoms with Gasteiger partial charge in [-0.05, 0) is 53.5 Å². The fourth-order valence-electron chi connectivity index (χ4n) is 2.55. The SMILES string of the molecule is CC[NH+](CC)Cc1ccc(CNC(=O)COc2ccc(F)cc2Br)cc1. The molecule has 26 heavy (non-hydrogen) atoms. The lowest BCUT2D eigenvalue weighted by molar-refractivity contribution is -0.910. The van der Waals surface area contributed by atoms with Crippen molar-refractivity contribution in [1.29, 1.82) is 0 Å². The first-order valence-corrected chi connectivity index (χ1v) is 9.57. The second-order valence-corrected chi connectivity index (χ2v) is 6.94. The van der Waals surface area contributed by atoms with E-state index in [-0.39, 0.29) is 18.3 Å². The van der Waals surface area contributed by atoms with Gasteiger partial charge >= 0.3 is 0 Å². The summed E-state index contributed by atoms with van der Waals surface area (Å²) in [5, 5.41) is 2.82. The summed E-state index contributed by atoms with van der Waals surface area (Å²) in [6.07, 6.45) is 0. The van der Waals surface area contributed by atoms with Gasteiger partial charge in [0, 0.05) is 12.1 Å². The Morgan fingerprint density at radius 2 is 1.77 bits per heavy atom. The molecule has 0 aromatic heterocycles. The van der Waals surface area contributed by atoms with E-state index >= 15 is 0 Å². The van der Waals surface area contributed by atoms with Gasteiger partial charge in [-0.3, -0.25) is 4.79 Å². The van der Waals surface area contributed by atoms with Gasteiger partial charge < -0.3 is 15.0 Å². The van der Waals surface area contributed by atoms with Crippen molar-refractivity contribution in [3.63, 3.8) is 0 Å². The molecule has 0 aliphatic carbocycles. The summed E-state index contributed by atoms with van der Waals surface area (Å²) in [6.45, 7) is 7.94. The summed E-state index contributed by atoms with van der Waals surface area (Å²) in [4.78, 5) is 13.5. The van der Waals surface area contributed by atoms with Gasteiger partial charge in [-0.1, -0.05) is 24.3 Å². The Kier molecular flexibility index (Phi) is 8.06. The third-order valence-corrected chi connectivity index (χ3v) is 4.84. The zero-order valence-corrected chi connectivity index (χ0v) is 16.7. The van der Waals surface area contributed by atoms with E-state index in [9.17, 15) is 9.18 Å². The van der Waals surface area contributed by atoms with Gasteiger partial charge in [0.2, 0.25) is 0 Å². The van der Waals surface area contributed by atoms with Crippen LogP contribution < -0.4 is 15.0 Å². The Labute approximate surface area is 162 Å². The lowest BCUT2D eigenvalue weighted by atomic mass is 10.1. The number of rotatable bonds is 9. The van der Waals surface area contributed by atoms with Gasteiger partial charge in [-0.2, -0.15) is 0 Å². The standard InChI is InChI=1S/C20H24BrFN2O2/c1-3-24(4-2)13-16-7-5-15(6-8-16)12-23-20(25)14-26-19-10-9-17(22)11-18(19)21/h5-11H,3-4,12-14H2,1-2H3,(H,23,25)/p+1. The van der Waals surface area contributed by atoms with Crippen LogP contribution in [-0.2, 0) is 17.9 Å². The van der Waals surface area contributed by atoms with Gasteiger partial charge in [0.25, 0.3) is 5.91 Å². The minimum atomic E-state index is -0.361. The number of quaternary nitrogens is 1. The molecular formula is C20H25BrFN2O2+. The number of nitrogens with one attached hydrogen (secondary N) is 2. The molecule has 140 valence electrons. The molecule has 2 N–H and O–H groups in total. The maximum atomic E-state index is 13.0. The number of hydrogen-bond acceptors (Lipinski definition) is 2. The van der Waals surface area contributed by atoms with E-state index in [4.69, 9.17) is 4.74 Å². The van der Waals surface area contributed by atoms with Crippen LogP contribution in [0.25, 0.3) is 0 Å². The molecule has 2 aromatic rings. The van der Waals surface area contributed by atoms with E-state index in [0.29, 0.717) is 16.8 Å². The van der Waals surface area contributed by atoms with Crippen molar-refractivity contribution in [2.75, 3.05) is 19.7 Å². The molecule has 0 unspecified atom stereocenters. The minimum Gasteiger partial charge on any atom is -0.483 e. The van der Waals surface area contributed by atoms with Crippen LogP contribution in [0, 0.1) is 5.82 Å². The van der Waals surface area contributed by atoms with Crippen LogP contribution in [0.4, 0.5) is 4.39 Å². The maximum absolute atomic E-state index is 13.0. The number of benzene rings is 2. The van der Waals surface area contributed by atoms with Crippen molar-refractivity contribution in [1.82, 2.24) is 5.32 Å². The molecule has 4 nitrogen and oxygen atoms in total. The lowest BCUT2D eigenvalue weighted by Gasteiger charge is -2.15. The van der Waals surface area contributed by atoms with Crippen LogP contribution >= 0.6 is 15.9 Å². The fourth-order valence-corrected chi connectivity index (χ4v) is 3.02. The molecule has 2 aromatic carbocycles. The molecule has 6 heteroatoms. The Morgan fingerprint density at radius 1 is 1.12 bits per heavy atom. The molecule has 0 radical (unpaired) electrons. The lowest BCUT2D eigenvalue weighted by Crippen LogP contribution is -3.10. The Balaban J connectivity index is 1.78. The van der Waals surface area contributed by atoms with Crippen LogP contribution in [0.1, 0.15) is 25.0 Å². The average molecular weight is 424 g/mol. The highest BCUT2D eigenvalue weighted by Gasteiger charge is 2.07. The molecule has 0 saturated carbocycles. The zero-order valence-electron chi connectivity index (χ0n) is 15.1. The van der Waals surface area contributed by atoms with Crippen LogP contribution in [0.5, 0.6) is 5.75 Å². The second kappa shape index (κ2) is 10.3. The number of hydrogen-bond donors (Lipinski definition) is 2. The smallest absolute Gasteiger partial charge is 0.258 e. The van der Waals surface area contributed by atoms with E-state index in [1.165, 1.54) is 28.7 Å². The van der Waals surface area contributed by atoms with Crippen molar-refractivity contribution < 1.29 is 18.8 Å². The highest BCUT2D eigenvalue weighted by Crippen LogP contribution is 2.25. The average Bonchev–Trinajstić information content (AvgIpc) is 2.64. The Morgan fingerprint density at radius 3 is 2.38 bits per heavy atom. The summed E-state index contributed by atoms with van der Waals surface area (Å²) in [5.41, 5.74) is 2.34. The Hall–Kier alpha value is -1.92. The van der Waals surface area contributed by atoms with Crippen LogP contribution in [0.3, 0.4) is 0 Å². The van der Waals surface area contributed by atoms with Crippen molar-refractivity contribution in [2.24, 2.45) is 0 Å². The van der Waals surface area contributed by atoms with E-state index in [1.54, 1.807) is 0 Å². The Bertz CT molecular complexity index is 718. The van der Waals surface area contributed by atoms with Crippen LogP contribution in [0.2, 0.25) is 0 Å². The highest BCUT2D eigenvalue weighted by atomic mass is 79.9. The summed E-state index contributed by atoms with van der Waals surface area (Å²) >= 11 is 3.21. The molecule has 0 aliphatic rings. The predicted octanol–water partition coefficient (Wildman–Crippen LogP) is 2.71. The van der Waals surface area contributed by atoms with E-state index in [0.717, 1.165) is 25.2 Å². The van der Waals surface area contributed by atoms with Gasteiger partial charge in [0.15, 0.2) is 6.61 Å². The van der Waals surface area contributed by atoms with Crippen LogP contribution in [-0.4, -0.2) is 25.6 Å². The largest absolute Gasteiger partial charge is 0.483 e. The molecular weight excluding hydrogens is 399 g/mol. The fraction of sp³-hybridized carbons (Fsp3) is 0.350. The molecule has 2 rings (SSSR count). The van der Waals surface area contributed by atoms with E-state index in [2.05, 4.69) is 47.2 Å². The number of amides is 1. The van der Waals surface area contributed by atoms with E-state index in [1.807, 2.05) is 12.1 Å². The van der Waals surface area contributed by atoms with E-state index < -0.39 is 0 Å². The maximum Gasteiger partial charge on any atom is 0.258 e. The first kappa shape index (κ1) is 20.4. The van der Waals surface area contributed by atoms with Crippen molar-refractivity contribution in [3.05, 3.63) is 63.9 Å². The number of carbonyl (C=O) groups excluding carboxylic acids is 1. The summed E-state index contributed by atoms with van der Waals surface area (Å²) < 4.78 is 18.9. The van der Waals surface area contributed by atoms with Crippen molar-refractivity contribution >= 4 is 21.8 Å². The molecule has 1 amide bonds. The highest BCUT2D eigenvalue weighted by molar-refractivity contribution is 9.10. The van der Waals surface area contributed by atoms with Gasteiger partial charge in [0.05, 0.1) is 17.6 Å². The molecule has 0 heterocycles. The molecule has 0 fully saturated rings. The van der Waals surface area contributed by atoms with Crippen molar-refractivity contribution in [2.45, 2.75) is 26.9 Å². The quantitative estimate of drug-likeness (QED) is 0.650. The summed E-state index contributed by atoms with van der Waals surface area (Å²) in [6, 6.07) is 12.4. The molecule has 0 aliphatic heterocycles. The second-order valence-electron chi connectivity index (χ2n) is 6.09. The van der Waals surface area contributed by atoms with Gasteiger partial charge in [0.1, 0.15) is 18.1 Å². The normalized spacial score (nSPS) is 10.8. The third kappa shape index (κ3) is 6.42. The molecule has 0 atom stereocenters. The number of halogens is 2. The molecule has 0 bridgehead atoms. The van der Waals surface area contributed by atoms with Crippen LogP contribution in [0.15, 0.2) is 46.9 Å². The number of ether oxygens (including phenoxy) is 1. The number of carbonyl (C=O) groups is 1. The zero-order chi connectivity index (χ0) is 18.9. The first-order valence-electron chi connectivity index (χ1n) is 8.77. The molecule has 0 saturated heterocycles. The predicted molar refractivity (Wildman–Crippen MR) is 104 cm³/mol. The van der Waals surface area contributed by atoms with Crippen molar-refractivity contribution in [3.8, 4) is 5.75 Å². The topological polar surface area (TPSA) is 42.8 Å². The monoisotopic (exact) mass is 423 g/mol. The minimum absolute atomic E-state index is 0.117. The summed E-state index contributed by atoms with van der Waals surface area (Å²) in [5.74, 6) is -0.151. The summed E-state index contributed by atoms with van der Waals surface area (Å²) in [7, 11) is 0. The molecule has 0 spiro atoms.